The molecule has 0 spiro atoms. The Morgan fingerprint density at radius 2 is 2.05 bits per heavy atom. The summed E-state index contributed by atoms with van der Waals surface area (Å²) in [5.74, 6) is 1.44. The molecule has 0 fully saturated rings. The monoisotopic (exact) mass is 274 g/mol. The molecule has 2 N–H and O–H groups in total. The summed E-state index contributed by atoms with van der Waals surface area (Å²) < 4.78 is 5.16. The van der Waals surface area contributed by atoms with Gasteiger partial charge in [-0.25, -0.2) is 4.98 Å². The fourth-order valence-corrected chi connectivity index (χ4v) is 2.11. The molecule has 5 heteroatoms. The van der Waals surface area contributed by atoms with Gasteiger partial charge >= 0.3 is 0 Å². The number of nitrogens with zero attached hydrogens (tertiary/aromatic N) is 1. The van der Waals surface area contributed by atoms with Crippen molar-refractivity contribution in [1.29, 1.82) is 0 Å². The molecule has 1 aromatic heterocycles. The maximum atomic E-state index is 9.90. The fourth-order valence-electron chi connectivity index (χ4n) is 1.95. The van der Waals surface area contributed by atoms with E-state index in [0.29, 0.717) is 16.4 Å². The number of hydrogen-bond donors (Lipinski definition) is 2. The van der Waals surface area contributed by atoms with Gasteiger partial charge in [-0.2, -0.15) is 0 Å². The van der Waals surface area contributed by atoms with Crippen molar-refractivity contribution in [3.05, 3.63) is 41.4 Å². The van der Waals surface area contributed by atoms with E-state index in [0.717, 1.165) is 16.8 Å². The zero-order valence-corrected chi connectivity index (χ0v) is 10.9. The maximum absolute atomic E-state index is 9.90. The molecule has 1 heterocycles. The minimum atomic E-state index is 0.0959. The van der Waals surface area contributed by atoms with Crippen LogP contribution in [0.4, 0.5) is 0 Å². The third-order valence-electron chi connectivity index (χ3n) is 2.90. The van der Waals surface area contributed by atoms with Crippen LogP contribution in [0, 0.1) is 0 Å². The van der Waals surface area contributed by atoms with Crippen LogP contribution >= 0.6 is 11.6 Å². The zero-order valence-electron chi connectivity index (χ0n) is 10.1. The summed E-state index contributed by atoms with van der Waals surface area (Å²) in [5, 5.41) is 10.4. The smallest absolute Gasteiger partial charge is 0.142 e. The normalized spacial score (nSPS) is 10.8. The Morgan fingerprint density at radius 3 is 2.79 bits per heavy atom. The van der Waals surface area contributed by atoms with Crippen LogP contribution in [0.1, 0.15) is 0 Å². The zero-order chi connectivity index (χ0) is 13.4. The highest BCUT2D eigenvalue weighted by Gasteiger charge is 2.10. The van der Waals surface area contributed by atoms with Crippen LogP contribution < -0.4 is 4.74 Å². The number of imidazole rings is 1. The van der Waals surface area contributed by atoms with Crippen molar-refractivity contribution in [2.75, 3.05) is 7.11 Å². The molecule has 0 unspecified atom stereocenters. The van der Waals surface area contributed by atoms with Crippen LogP contribution in [0.3, 0.4) is 0 Å². The first-order valence-corrected chi connectivity index (χ1v) is 6.08. The van der Waals surface area contributed by atoms with Gasteiger partial charge in [0.15, 0.2) is 0 Å². The highest BCUT2D eigenvalue weighted by atomic mass is 35.5. The summed E-state index contributed by atoms with van der Waals surface area (Å²) >= 11 is 5.82. The first-order valence-electron chi connectivity index (χ1n) is 5.70. The number of phenolic OH excluding ortho intramolecular Hbond substituents is 1. The SMILES string of the molecule is COc1ccc2nc(-c3ccc(Cl)cc3O)[nH]c2c1. The number of fused-ring (bicyclic) bond motifs is 1. The van der Waals surface area contributed by atoms with Gasteiger partial charge in [-0.05, 0) is 30.3 Å². The number of hydrogen-bond acceptors (Lipinski definition) is 3. The van der Waals surface area contributed by atoms with Gasteiger partial charge in [-0.3, -0.25) is 0 Å². The average Bonchev–Trinajstić information content (AvgIpc) is 2.80. The van der Waals surface area contributed by atoms with Crippen molar-refractivity contribution in [3.8, 4) is 22.9 Å². The van der Waals surface area contributed by atoms with Gasteiger partial charge in [0.05, 0.1) is 23.7 Å². The second-order valence-electron chi connectivity index (χ2n) is 4.13. The average molecular weight is 275 g/mol. The van der Waals surface area contributed by atoms with Crippen LogP contribution in [-0.2, 0) is 0 Å². The van der Waals surface area contributed by atoms with Crippen LogP contribution in [0.2, 0.25) is 5.02 Å². The molecule has 96 valence electrons. The molecule has 0 amide bonds. The summed E-state index contributed by atoms with van der Waals surface area (Å²) in [4.78, 5) is 7.59. The van der Waals surface area contributed by atoms with E-state index in [9.17, 15) is 5.11 Å². The predicted octanol–water partition coefficient (Wildman–Crippen LogP) is 3.60. The van der Waals surface area contributed by atoms with Crippen molar-refractivity contribution < 1.29 is 9.84 Å². The first-order chi connectivity index (χ1) is 9.17. The third-order valence-corrected chi connectivity index (χ3v) is 3.14. The molecule has 0 saturated heterocycles. The fraction of sp³-hybridized carbons (Fsp3) is 0.0714. The Kier molecular flexibility index (Phi) is 2.80. The molecule has 0 bridgehead atoms. The van der Waals surface area contributed by atoms with Crippen molar-refractivity contribution >= 4 is 22.6 Å². The molecule has 0 atom stereocenters. The van der Waals surface area contributed by atoms with E-state index in [-0.39, 0.29) is 5.75 Å². The van der Waals surface area contributed by atoms with Crippen LogP contribution in [-0.4, -0.2) is 22.2 Å². The van der Waals surface area contributed by atoms with E-state index < -0.39 is 0 Å². The molecule has 0 saturated carbocycles. The van der Waals surface area contributed by atoms with Gasteiger partial charge in [0, 0.05) is 11.1 Å². The van der Waals surface area contributed by atoms with Crippen LogP contribution in [0.5, 0.6) is 11.5 Å². The number of benzene rings is 2. The van der Waals surface area contributed by atoms with E-state index in [4.69, 9.17) is 16.3 Å². The summed E-state index contributed by atoms with van der Waals surface area (Å²) in [6, 6.07) is 10.5. The second kappa shape index (κ2) is 4.48. The van der Waals surface area contributed by atoms with Crippen LogP contribution in [0.15, 0.2) is 36.4 Å². The highest BCUT2D eigenvalue weighted by Crippen LogP contribution is 2.31. The van der Waals surface area contributed by atoms with Gasteiger partial charge < -0.3 is 14.8 Å². The lowest BCUT2D eigenvalue weighted by Gasteiger charge is -2.00. The molecule has 3 aromatic rings. The van der Waals surface area contributed by atoms with Gasteiger partial charge in [-0.1, -0.05) is 11.6 Å². The minimum Gasteiger partial charge on any atom is -0.507 e. The van der Waals surface area contributed by atoms with Crippen molar-refractivity contribution in [2.45, 2.75) is 0 Å². The van der Waals surface area contributed by atoms with Gasteiger partial charge in [0.1, 0.15) is 17.3 Å². The quantitative estimate of drug-likeness (QED) is 0.751. The number of methoxy groups -OCH3 is 1. The van der Waals surface area contributed by atoms with Gasteiger partial charge in [-0.15, -0.1) is 0 Å². The van der Waals surface area contributed by atoms with E-state index in [1.54, 1.807) is 19.2 Å². The lowest BCUT2D eigenvalue weighted by molar-refractivity contribution is 0.415. The molecule has 3 rings (SSSR count). The largest absolute Gasteiger partial charge is 0.507 e. The molecule has 0 aliphatic heterocycles. The molecular weight excluding hydrogens is 264 g/mol. The topological polar surface area (TPSA) is 58.1 Å². The number of rotatable bonds is 2. The van der Waals surface area contributed by atoms with Gasteiger partial charge in [0.2, 0.25) is 0 Å². The summed E-state index contributed by atoms with van der Waals surface area (Å²) in [5.41, 5.74) is 2.27. The molecule has 0 aliphatic rings. The first kappa shape index (κ1) is 11.9. The van der Waals surface area contributed by atoms with E-state index in [1.807, 2.05) is 18.2 Å². The number of ether oxygens (including phenoxy) is 1. The Bertz CT molecular complexity index is 752. The Morgan fingerprint density at radius 1 is 1.21 bits per heavy atom. The highest BCUT2D eigenvalue weighted by molar-refractivity contribution is 6.30. The minimum absolute atomic E-state index is 0.0959. The number of aromatic amines is 1. The molecule has 0 radical (unpaired) electrons. The maximum Gasteiger partial charge on any atom is 0.142 e. The number of aromatic hydroxyl groups is 1. The van der Waals surface area contributed by atoms with Gasteiger partial charge in [0.25, 0.3) is 0 Å². The molecule has 2 aromatic carbocycles. The molecule has 0 aliphatic carbocycles. The van der Waals surface area contributed by atoms with Crippen LogP contribution in [0.25, 0.3) is 22.4 Å². The summed E-state index contributed by atoms with van der Waals surface area (Å²) in [7, 11) is 1.61. The van der Waals surface area contributed by atoms with Crippen molar-refractivity contribution in [1.82, 2.24) is 9.97 Å². The third kappa shape index (κ3) is 2.11. The number of phenols is 1. The Balaban J connectivity index is 2.14. The standard InChI is InChI=1S/C14H11ClN2O2/c1-19-9-3-5-11-12(7-9)17-14(16-11)10-4-2-8(15)6-13(10)18/h2-7,18H,1H3,(H,16,17). The number of nitrogens with one attached hydrogen (secondary N) is 1. The summed E-state index contributed by atoms with van der Waals surface area (Å²) in [6.45, 7) is 0. The molecule has 4 nitrogen and oxygen atoms in total. The number of H-pyrrole nitrogens is 1. The van der Waals surface area contributed by atoms with E-state index in [2.05, 4.69) is 9.97 Å². The number of aromatic nitrogens is 2. The van der Waals surface area contributed by atoms with E-state index in [1.165, 1.54) is 6.07 Å². The van der Waals surface area contributed by atoms with E-state index >= 15 is 0 Å². The van der Waals surface area contributed by atoms with Crippen molar-refractivity contribution in [3.63, 3.8) is 0 Å². The summed E-state index contributed by atoms with van der Waals surface area (Å²) in [6.07, 6.45) is 0. The predicted molar refractivity (Wildman–Crippen MR) is 74.8 cm³/mol. The second-order valence-corrected chi connectivity index (χ2v) is 4.57. The van der Waals surface area contributed by atoms with Crippen molar-refractivity contribution in [2.24, 2.45) is 0 Å². The lowest BCUT2D eigenvalue weighted by Crippen LogP contribution is -1.81. The Hall–Kier alpha value is -2.20. The molecular formula is C14H11ClN2O2. The Labute approximate surface area is 114 Å². The number of halogens is 1. The molecule has 19 heavy (non-hydrogen) atoms. The lowest BCUT2D eigenvalue weighted by atomic mass is 10.2.